The highest BCUT2D eigenvalue weighted by molar-refractivity contribution is 6.05. The number of anilines is 1. The van der Waals surface area contributed by atoms with E-state index in [-0.39, 0.29) is 6.61 Å². The molecule has 3 aromatic carbocycles. The average molecular weight is 527 g/mol. The van der Waals surface area contributed by atoms with E-state index in [9.17, 15) is 5.11 Å². The highest BCUT2D eigenvalue weighted by Crippen LogP contribution is 2.30. The normalized spacial score (nSPS) is 13.7. The first-order chi connectivity index (χ1) is 19.2. The summed E-state index contributed by atoms with van der Waals surface area (Å²) in [7, 11) is 1.60. The molecule has 0 saturated carbocycles. The largest absolute Gasteiger partial charge is 0.496 e. The molecule has 9 heteroatoms. The standard InChI is InChI=1S/C30H30N4O5/c1-36-27-17-20(6-8-22(27)19-35)10-13-38-30-32-28(31-29(33-30)34-11-14-37-15-12-34)18-21-7-9-26-24(16-21)23-4-2-3-5-25(23)39-26/h2-9,16-17,35H,10-15,18-19H2,1H3. The van der Waals surface area contributed by atoms with Crippen LogP contribution in [-0.4, -0.2) is 60.1 Å². The molecule has 6 rings (SSSR count). The molecule has 1 aliphatic heterocycles. The Balaban J connectivity index is 1.24. The molecule has 0 unspecified atom stereocenters. The van der Waals surface area contributed by atoms with Crippen LogP contribution in [0.2, 0.25) is 0 Å². The molecule has 200 valence electrons. The molecular formula is C30H30N4O5. The van der Waals surface area contributed by atoms with E-state index in [1.54, 1.807) is 7.11 Å². The van der Waals surface area contributed by atoms with E-state index in [4.69, 9.17) is 23.6 Å². The number of hydrogen-bond acceptors (Lipinski definition) is 9. The maximum Gasteiger partial charge on any atom is 0.321 e. The topological polar surface area (TPSA) is 103 Å². The highest BCUT2D eigenvalue weighted by Gasteiger charge is 2.18. The molecule has 5 aromatic rings. The quantitative estimate of drug-likeness (QED) is 0.301. The third-order valence-electron chi connectivity index (χ3n) is 6.89. The van der Waals surface area contributed by atoms with Crippen molar-refractivity contribution in [2.75, 3.05) is 44.9 Å². The van der Waals surface area contributed by atoms with E-state index >= 15 is 0 Å². The molecule has 0 radical (unpaired) electrons. The minimum absolute atomic E-state index is 0.0678. The smallest absolute Gasteiger partial charge is 0.321 e. The van der Waals surface area contributed by atoms with Crippen LogP contribution in [0.5, 0.6) is 11.8 Å². The number of aliphatic hydroxyl groups is 1. The van der Waals surface area contributed by atoms with Crippen molar-refractivity contribution in [3.05, 3.63) is 83.2 Å². The minimum atomic E-state index is -0.0678. The second-order valence-electron chi connectivity index (χ2n) is 9.44. The molecule has 0 bridgehead atoms. The zero-order valence-electron chi connectivity index (χ0n) is 21.8. The van der Waals surface area contributed by atoms with Crippen LogP contribution >= 0.6 is 0 Å². The molecule has 39 heavy (non-hydrogen) atoms. The van der Waals surface area contributed by atoms with E-state index in [2.05, 4.69) is 27.0 Å². The van der Waals surface area contributed by atoms with Crippen molar-refractivity contribution in [1.82, 2.24) is 15.0 Å². The predicted octanol–water partition coefficient (Wildman–Crippen LogP) is 4.32. The van der Waals surface area contributed by atoms with Gasteiger partial charge >= 0.3 is 6.01 Å². The first kappa shape index (κ1) is 25.1. The molecule has 2 aromatic heterocycles. The van der Waals surface area contributed by atoms with Crippen LogP contribution in [0.4, 0.5) is 5.95 Å². The summed E-state index contributed by atoms with van der Waals surface area (Å²) in [4.78, 5) is 16.2. The minimum Gasteiger partial charge on any atom is -0.496 e. The van der Waals surface area contributed by atoms with Gasteiger partial charge in [-0.25, -0.2) is 0 Å². The van der Waals surface area contributed by atoms with Gasteiger partial charge in [0, 0.05) is 42.3 Å². The zero-order chi connectivity index (χ0) is 26.6. The summed E-state index contributed by atoms with van der Waals surface area (Å²) in [5, 5.41) is 11.6. The molecule has 9 nitrogen and oxygen atoms in total. The van der Waals surface area contributed by atoms with Gasteiger partial charge in [-0.1, -0.05) is 36.4 Å². The van der Waals surface area contributed by atoms with Crippen molar-refractivity contribution in [3.8, 4) is 11.8 Å². The number of ether oxygens (including phenoxy) is 3. The maximum atomic E-state index is 9.47. The highest BCUT2D eigenvalue weighted by atomic mass is 16.5. The van der Waals surface area contributed by atoms with Gasteiger partial charge in [-0.15, -0.1) is 0 Å². The molecule has 1 aliphatic rings. The fourth-order valence-electron chi connectivity index (χ4n) is 4.84. The molecule has 0 spiro atoms. The lowest BCUT2D eigenvalue weighted by Crippen LogP contribution is -2.37. The summed E-state index contributed by atoms with van der Waals surface area (Å²) in [6.45, 7) is 3.02. The summed E-state index contributed by atoms with van der Waals surface area (Å²) in [5.74, 6) is 1.90. The number of hydrogen-bond donors (Lipinski definition) is 1. The van der Waals surface area contributed by atoms with Gasteiger partial charge in [0.25, 0.3) is 0 Å². The molecule has 1 saturated heterocycles. The van der Waals surface area contributed by atoms with Crippen LogP contribution in [0.15, 0.2) is 65.1 Å². The Kier molecular flexibility index (Phi) is 7.25. The fourth-order valence-corrected chi connectivity index (χ4v) is 4.84. The van der Waals surface area contributed by atoms with Gasteiger partial charge in [-0.3, -0.25) is 0 Å². The molecule has 0 amide bonds. The second kappa shape index (κ2) is 11.3. The monoisotopic (exact) mass is 526 g/mol. The van der Waals surface area contributed by atoms with Gasteiger partial charge in [-0.2, -0.15) is 15.0 Å². The second-order valence-corrected chi connectivity index (χ2v) is 9.44. The van der Waals surface area contributed by atoms with Crippen LogP contribution < -0.4 is 14.4 Å². The lowest BCUT2D eigenvalue weighted by molar-refractivity contribution is 0.122. The van der Waals surface area contributed by atoms with Crippen LogP contribution in [0.25, 0.3) is 21.9 Å². The Hall–Kier alpha value is -4.21. The van der Waals surface area contributed by atoms with E-state index < -0.39 is 0 Å². The van der Waals surface area contributed by atoms with Crippen molar-refractivity contribution in [2.24, 2.45) is 0 Å². The van der Waals surface area contributed by atoms with Crippen molar-refractivity contribution in [1.29, 1.82) is 0 Å². The average Bonchev–Trinajstić information content (AvgIpc) is 3.35. The Morgan fingerprint density at radius 2 is 1.72 bits per heavy atom. The van der Waals surface area contributed by atoms with Crippen molar-refractivity contribution < 1.29 is 23.7 Å². The lowest BCUT2D eigenvalue weighted by atomic mass is 10.1. The van der Waals surface area contributed by atoms with E-state index in [1.165, 1.54) is 0 Å². The Morgan fingerprint density at radius 3 is 2.56 bits per heavy atom. The van der Waals surface area contributed by atoms with Crippen molar-refractivity contribution in [2.45, 2.75) is 19.4 Å². The summed E-state index contributed by atoms with van der Waals surface area (Å²) in [6.07, 6.45) is 1.17. The Bertz CT molecular complexity index is 1600. The lowest BCUT2D eigenvalue weighted by Gasteiger charge is -2.27. The number of rotatable bonds is 9. The first-order valence-electron chi connectivity index (χ1n) is 13.1. The first-order valence-corrected chi connectivity index (χ1v) is 13.1. The molecule has 1 N–H and O–H groups in total. The van der Waals surface area contributed by atoms with Crippen molar-refractivity contribution in [3.63, 3.8) is 0 Å². The molecule has 1 fully saturated rings. The number of benzene rings is 3. The fraction of sp³-hybridized carbons (Fsp3) is 0.300. The van der Waals surface area contributed by atoms with Gasteiger partial charge in [-0.05, 0) is 35.4 Å². The van der Waals surface area contributed by atoms with Crippen LogP contribution in [0, 0.1) is 0 Å². The molecular weight excluding hydrogens is 496 g/mol. The van der Waals surface area contributed by atoms with E-state index in [1.807, 2.05) is 48.5 Å². The number of aliphatic hydroxyl groups excluding tert-OH is 1. The number of aromatic nitrogens is 3. The number of fused-ring (bicyclic) bond motifs is 3. The van der Waals surface area contributed by atoms with E-state index in [0.717, 1.165) is 38.6 Å². The zero-order valence-corrected chi connectivity index (χ0v) is 21.8. The van der Waals surface area contributed by atoms with Gasteiger partial charge in [0.05, 0.1) is 33.5 Å². The maximum absolute atomic E-state index is 9.47. The number of furan rings is 1. The summed E-state index contributed by atoms with van der Waals surface area (Å²) < 4.78 is 22.9. The van der Waals surface area contributed by atoms with Crippen molar-refractivity contribution >= 4 is 27.9 Å². The number of nitrogens with zero attached hydrogens (tertiary/aromatic N) is 4. The van der Waals surface area contributed by atoms with Crippen LogP contribution in [-0.2, 0) is 24.2 Å². The van der Waals surface area contributed by atoms with Gasteiger partial charge in [0.2, 0.25) is 5.95 Å². The molecule has 0 atom stereocenters. The van der Waals surface area contributed by atoms with Gasteiger partial charge in [0.1, 0.15) is 22.7 Å². The third-order valence-corrected chi connectivity index (χ3v) is 6.89. The molecule has 0 aliphatic carbocycles. The number of morpholine rings is 1. The summed E-state index contributed by atoms with van der Waals surface area (Å²) in [6, 6.07) is 20.3. The molecule has 3 heterocycles. The van der Waals surface area contributed by atoms with Crippen LogP contribution in [0.3, 0.4) is 0 Å². The van der Waals surface area contributed by atoms with E-state index in [0.29, 0.717) is 69.3 Å². The van der Waals surface area contributed by atoms with Crippen LogP contribution in [0.1, 0.15) is 22.5 Å². The number of para-hydroxylation sites is 1. The van der Waals surface area contributed by atoms with Gasteiger partial charge in [0.15, 0.2) is 0 Å². The third kappa shape index (κ3) is 5.50. The number of methoxy groups -OCH3 is 1. The summed E-state index contributed by atoms with van der Waals surface area (Å²) in [5.41, 5.74) is 4.60. The predicted molar refractivity (Wildman–Crippen MR) is 148 cm³/mol. The SMILES string of the molecule is COc1cc(CCOc2nc(Cc3ccc4oc5ccccc5c4c3)nc(N3CCOCC3)n2)ccc1CO. The Morgan fingerprint density at radius 1 is 0.897 bits per heavy atom. The summed E-state index contributed by atoms with van der Waals surface area (Å²) >= 11 is 0. The Labute approximate surface area is 226 Å². The van der Waals surface area contributed by atoms with Gasteiger partial charge < -0.3 is 28.6 Å².